The molecule has 2 rings (SSSR count). The lowest BCUT2D eigenvalue weighted by Crippen LogP contribution is -2.55. The molecule has 1 aliphatic heterocycles. The quantitative estimate of drug-likeness (QED) is 0.540. The molecule has 0 radical (unpaired) electrons. The molecule has 0 amide bonds. The molecule has 0 unspecified atom stereocenters. The number of hydrogen-bond donors (Lipinski definition) is 1. The fourth-order valence-corrected chi connectivity index (χ4v) is 2.41. The van der Waals surface area contributed by atoms with Crippen LogP contribution in [0.1, 0.15) is 39.0 Å². The maximum absolute atomic E-state index is 3.66. The SMILES string of the molecule is C[C@H]1CCNC2(CCC2)C1. The van der Waals surface area contributed by atoms with Gasteiger partial charge in [0.05, 0.1) is 0 Å². The Labute approximate surface area is 63.2 Å². The number of hydrogen-bond acceptors (Lipinski definition) is 1. The van der Waals surface area contributed by atoms with Crippen LogP contribution >= 0.6 is 0 Å². The Balaban J connectivity index is 1.96. The van der Waals surface area contributed by atoms with Crippen LogP contribution in [0.3, 0.4) is 0 Å². The first-order valence-electron chi connectivity index (χ1n) is 4.56. The summed E-state index contributed by atoms with van der Waals surface area (Å²) in [5, 5.41) is 3.66. The van der Waals surface area contributed by atoms with Gasteiger partial charge in [0.1, 0.15) is 0 Å². The minimum absolute atomic E-state index is 0.623. The van der Waals surface area contributed by atoms with Crippen LogP contribution in [-0.4, -0.2) is 12.1 Å². The van der Waals surface area contributed by atoms with E-state index >= 15 is 0 Å². The number of piperidine rings is 1. The molecule has 1 atom stereocenters. The summed E-state index contributed by atoms with van der Waals surface area (Å²) < 4.78 is 0. The Kier molecular flexibility index (Phi) is 1.48. The molecule has 2 aliphatic rings. The van der Waals surface area contributed by atoms with Crippen molar-refractivity contribution in [3.05, 3.63) is 0 Å². The van der Waals surface area contributed by atoms with Crippen molar-refractivity contribution in [2.24, 2.45) is 5.92 Å². The topological polar surface area (TPSA) is 12.0 Å². The van der Waals surface area contributed by atoms with Crippen LogP contribution in [0, 0.1) is 5.92 Å². The van der Waals surface area contributed by atoms with E-state index < -0.39 is 0 Å². The van der Waals surface area contributed by atoms with Crippen LogP contribution in [0.15, 0.2) is 0 Å². The van der Waals surface area contributed by atoms with E-state index in [0.717, 1.165) is 5.92 Å². The van der Waals surface area contributed by atoms with E-state index in [0.29, 0.717) is 5.54 Å². The fourth-order valence-electron chi connectivity index (χ4n) is 2.41. The predicted molar refractivity (Wildman–Crippen MR) is 43.0 cm³/mol. The first-order valence-corrected chi connectivity index (χ1v) is 4.56. The van der Waals surface area contributed by atoms with Gasteiger partial charge in [-0.3, -0.25) is 0 Å². The molecule has 10 heavy (non-hydrogen) atoms. The molecule has 0 bridgehead atoms. The van der Waals surface area contributed by atoms with Gasteiger partial charge in [-0.05, 0) is 44.6 Å². The van der Waals surface area contributed by atoms with Crippen LogP contribution in [-0.2, 0) is 0 Å². The van der Waals surface area contributed by atoms with Gasteiger partial charge in [0.15, 0.2) is 0 Å². The average Bonchev–Trinajstić information content (AvgIpc) is 1.85. The molecule has 0 aromatic heterocycles. The van der Waals surface area contributed by atoms with Gasteiger partial charge < -0.3 is 5.32 Å². The van der Waals surface area contributed by atoms with Crippen molar-refractivity contribution in [1.29, 1.82) is 0 Å². The van der Waals surface area contributed by atoms with E-state index in [1.54, 1.807) is 0 Å². The fraction of sp³-hybridized carbons (Fsp3) is 1.00. The van der Waals surface area contributed by atoms with Crippen LogP contribution in [0.25, 0.3) is 0 Å². The summed E-state index contributed by atoms with van der Waals surface area (Å²) in [6, 6.07) is 0. The Morgan fingerprint density at radius 2 is 2.20 bits per heavy atom. The summed E-state index contributed by atoms with van der Waals surface area (Å²) in [6.45, 7) is 3.65. The summed E-state index contributed by atoms with van der Waals surface area (Å²) in [7, 11) is 0. The van der Waals surface area contributed by atoms with Crippen molar-refractivity contribution in [3.63, 3.8) is 0 Å². The van der Waals surface area contributed by atoms with Crippen LogP contribution in [0.4, 0.5) is 0 Å². The third-order valence-electron chi connectivity index (χ3n) is 3.19. The monoisotopic (exact) mass is 139 g/mol. The average molecular weight is 139 g/mol. The van der Waals surface area contributed by atoms with Crippen molar-refractivity contribution >= 4 is 0 Å². The first-order chi connectivity index (χ1) is 4.81. The molecule has 1 aliphatic carbocycles. The van der Waals surface area contributed by atoms with E-state index in [1.807, 2.05) is 0 Å². The Bertz CT molecular complexity index is 127. The van der Waals surface area contributed by atoms with Crippen molar-refractivity contribution in [2.45, 2.75) is 44.6 Å². The summed E-state index contributed by atoms with van der Waals surface area (Å²) in [5.74, 6) is 0.974. The summed E-state index contributed by atoms with van der Waals surface area (Å²) >= 11 is 0. The Morgan fingerprint density at radius 3 is 2.60 bits per heavy atom. The highest BCUT2D eigenvalue weighted by molar-refractivity contribution is 4.99. The third-order valence-corrected chi connectivity index (χ3v) is 3.19. The van der Waals surface area contributed by atoms with Crippen LogP contribution in [0.2, 0.25) is 0 Å². The highest BCUT2D eigenvalue weighted by Gasteiger charge is 2.39. The van der Waals surface area contributed by atoms with Gasteiger partial charge in [0, 0.05) is 5.54 Å². The maximum atomic E-state index is 3.66. The molecule has 58 valence electrons. The lowest BCUT2D eigenvalue weighted by molar-refractivity contribution is 0.113. The van der Waals surface area contributed by atoms with Crippen molar-refractivity contribution < 1.29 is 0 Å². The summed E-state index contributed by atoms with van der Waals surface area (Å²) in [4.78, 5) is 0. The zero-order chi connectivity index (χ0) is 7.03. The van der Waals surface area contributed by atoms with Gasteiger partial charge in [0.25, 0.3) is 0 Å². The molecule has 1 spiro atoms. The molecular formula is C9H17N. The molecule has 0 aromatic carbocycles. The lowest BCUT2D eigenvalue weighted by atomic mass is 9.69. The van der Waals surface area contributed by atoms with Crippen molar-refractivity contribution in [2.75, 3.05) is 6.54 Å². The van der Waals surface area contributed by atoms with Gasteiger partial charge in [-0.15, -0.1) is 0 Å². The summed E-state index contributed by atoms with van der Waals surface area (Å²) in [6.07, 6.45) is 7.17. The highest BCUT2D eigenvalue weighted by atomic mass is 15.0. The summed E-state index contributed by atoms with van der Waals surface area (Å²) in [5.41, 5.74) is 0.623. The molecule has 1 heteroatoms. The van der Waals surface area contributed by atoms with Crippen LogP contribution in [0.5, 0.6) is 0 Å². The second kappa shape index (κ2) is 2.23. The second-order valence-corrected chi connectivity index (χ2v) is 4.16. The molecule has 2 fully saturated rings. The van der Waals surface area contributed by atoms with E-state index in [2.05, 4.69) is 12.2 Å². The predicted octanol–water partition coefficient (Wildman–Crippen LogP) is 1.93. The minimum atomic E-state index is 0.623. The molecule has 1 heterocycles. The smallest absolute Gasteiger partial charge is 0.0184 e. The second-order valence-electron chi connectivity index (χ2n) is 4.16. The van der Waals surface area contributed by atoms with Gasteiger partial charge >= 0.3 is 0 Å². The number of rotatable bonds is 0. The molecule has 1 N–H and O–H groups in total. The van der Waals surface area contributed by atoms with E-state index in [9.17, 15) is 0 Å². The van der Waals surface area contributed by atoms with E-state index in [4.69, 9.17) is 0 Å². The molecular weight excluding hydrogens is 122 g/mol. The van der Waals surface area contributed by atoms with Crippen molar-refractivity contribution in [1.82, 2.24) is 5.32 Å². The molecule has 0 aromatic rings. The third kappa shape index (κ3) is 0.968. The van der Waals surface area contributed by atoms with Gasteiger partial charge in [0.2, 0.25) is 0 Å². The zero-order valence-electron chi connectivity index (χ0n) is 6.82. The molecule has 1 nitrogen and oxygen atoms in total. The van der Waals surface area contributed by atoms with Gasteiger partial charge in [-0.1, -0.05) is 6.92 Å². The van der Waals surface area contributed by atoms with Gasteiger partial charge in [-0.2, -0.15) is 0 Å². The Hall–Kier alpha value is -0.0400. The zero-order valence-corrected chi connectivity index (χ0v) is 6.82. The van der Waals surface area contributed by atoms with E-state index in [-0.39, 0.29) is 0 Å². The Morgan fingerprint density at radius 1 is 1.40 bits per heavy atom. The lowest BCUT2D eigenvalue weighted by Gasteiger charge is -2.47. The highest BCUT2D eigenvalue weighted by Crippen LogP contribution is 2.39. The maximum Gasteiger partial charge on any atom is 0.0184 e. The normalized spacial score (nSPS) is 37.5. The van der Waals surface area contributed by atoms with Crippen LogP contribution < -0.4 is 5.32 Å². The van der Waals surface area contributed by atoms with E-state index in [1.165, 1.54) is 38.6 Å². The minimum Gasteiger partial charge on any atom is -0.311 e. The molecule has 1 saturated heterocycles. The van der Waals surface area contributed by atoms with Crippen molar-refractivity contribution in [3.8, 4) is 0 Å². The largest absolute Gasteiger partial charge is 0.311 e. The molecule has 1 saturated carbocycles. The first kappa shape index (κ1) is 6.66. The standard InChI is InChI=1S/C9H17N/c1-8-3-6-10-9(7-8)4-2-5-9/h8,10H,2-7H2,1H3/t8-/m0/s1. The number of nitrogens with one attached hydrogen (secondary N) is 1. The van der Waals surface area contributed by atoms with Gasteiger partial charge in [-0.25, -0.2) is 0 Å².